The molecule has 1 N–H and O–H groups in total. The Bertz CT molecular complexity index is 549. The van der Waals surface area contributed by atoms with E-state index in [1.165, 1.54) is 11.1 Å². The number of hydrogen-bond acceptors (Lipinski definition) is 3. The number of anilines is 1. The molecule has 1 aliphatic rings. The number of nitrogens with one attached hydrogen (secondary N) is 1. The van der Waals surface area contributed by atoms with Gasteiger partial charge in [-0.1, -0.05) is 6.07 Å². The van der Waals surface area contributed by atoms with E-state index in [0.29, 0.717) is 39.1 Å². The van der Waals surface area contributed by atoms with E-state index in [2.05, 4.69) is 31.3 Å². The van der Waals surface area contributed by atoms with Crippen molar-refractivity contribution in [2.45, 2.75) is 27.2 Å². The Morgan fingerprint density at radius 2 is 1.68 bits per heavy atom. The fraction of sp³-hybridized carbons (Fsp3) is 0.529. The molecule has 120 valence electrons. The maximum atomic E-state index is 12.2. The zero-order valence-electron chi connectivity index (χ0n) is 13.7. The molecule has 2 rings (SSSR count). The van der Waals surface area contributed by atoms with Crippen molar-refractivity contribution in [3.63, 3.8) is 0 Å². The molecule has 0 unspecified atom stereocenters. The van der Waals surface area contributed by atoms with E-state index in [9.17, 15) is 9.59 Å². The van der Waals surface area contributed by atoms with Gasteiger partial charge >= 0.3 is 0 Å². The van der Waals surface area contributed by atoms with Gasteiger partial charge in [0.15, 0.2) is 0 Å². The summed E-state index contributed by atoms with van der Waals surface area (Å²) in [6, 6.07) is 6.23. The summed E-state index contributed by atoms with van der Waals surface area (Å²) >= 11 is 0. The lowest BCUT2D eigenvalue weighted by molar-refractivity contribution is -0.138. The van der Waals surface area contributed by atoms with Crippen molar-refractivity contribution >= 4 is 17.5 Å². The van der Waals surface area contributed by atoms with Crippen LogP contribution in [0.2, 0.25) is 0 Å². The summed E-state index contributed by atoms with van der Waals surface area (Å²) in [6.07, 6.45) is 0.479. The van der Waals surface area contributed by atoms with E-state index in [1.54, 1.807) is 11.8 Å². The lowest BCUT2D eigenvalue weighted by atomic mass is 10.1. The van der Waals surface area contributed by atoms with Crippen LogP contribution in [-0.4, -0.2) is 54.3 Å². The Morgan fingerprint density at radius 1 is 1.05 bits per heavy atom. The Morgan fingerprint density at radius 3 is 2.27 bits per heavy atom. The van der Waals surface area contributed by atoms with E-state index in [4.69, 9.17) is 0 Å². The minimum atomic E-state index is 0.0866. The van der Waals surface area contributed by atoms with Crippen LogP contribution in [0.5, 0.6) is 0 Å². The summed E-state index contributed by atoms with van der Waals surface area (Å²) < 4.78 is 0. The van der Waals surface area contributed by atoms with Gasteiger partial charge in [-0.3, -0.25) is 9.59 Å². The molecule has 0 aromatic heterocycles. The molecule has 1 aromatic rings. The fourth-order valence-electron chi connectivity index (χ4n) is 2.59. The zero-order valence-corrected chi connectivity index (χ0v) is 13.7. The van der Waals surface area contributed by atoms with E-state index in [1.807, 2.05) is 11.0 Å². The summed E-state index contributed by atoms with van der Waals surface area (Å²) in [7, 11) is 0. The van der Waals surface area contributed by atoms with Crippen molar-refractivity contribution in [2.24, 2.45) is 0 Å². The maximum Gasteiger partial charge on any atom is 0.224 e. The van der Waals surface area contributed by atoms with Crippen molar-refractivity contribution in [1.82, 2.24) is 9.80 Å². The first kappa shape index (κ1) is 16.3. The van der Waals surface area contributed by atoms with Crippen molar-refractivity contribution in [3.05, 3.63) is 29.3 Å². The smallest absolute Gasteiger partial charge is 0.224 e. The number of carbonyl (C=O) groups excluding carboxylic acids is 2. The van der Waals surface area contributed by atoms with Crippen molar-refractivity contribution in [3.8, 4) is 0 Å². The van der Waals surface area contributed by atoms with E-state index in [-0.39, 0.29) is 11.8 Å². The van der Waals surface area contributed by atoms with Gasteiger partial charge in [-0.2, -0.15) is 0 Å². The summed E-state index contributed by atoms with van der Waals surface area (Å²) in [5.41, 5.74) is 3.57. The minimum absolute atomic E-state index is 0.0866. The monoisotopic (exact) mass is 303 g/mol. The SMILES string of the molecule is CC(=O)N1CCN(C(=O)CCNc2ccc(C)c(C)c2)CC1. The Kier molecular flexibility index (Phi) is 5.41. The molecule has 1 heterocycles. The normalized spacial score (nSPS) is 14.9. The van der Waals surface area contributed by atoms with Gasteiger partial charge in [0.2, 0.25) is 11.8 Å². The van der Waals surface area contributed by atoms with Gasteiger partial charge in [-0.15, -0.1) is 0 Å². The molecule has 1 saturated heterocycles. The lowest BCUT2D eigenvalue weighted by Gasteiger charge is -2.34. The summed E-state index contributed by atoms with van der Waals surface area (Å²) in [5.74, 6) is 0.239. The highest BCUT2D eigenvalue weighted by Crippen LogP contribution is 2.14. The third-order valence-electron chi connectivity index (χ3n) is 4.25. The molecule has 5 nitrogen and oxygen atoms in total. The summed E-state index contributed by atoms with van der Waals surface area (Å²) in [6.45, 7) is 8.95. The van der Waals surface area contributed by atoms with Crippen LogP contribution in [0.1, 0.15) is 24.5 Å². The highest BCUT2D eigenvalue weighted by atomic mass is 16.2. The van der Waals surface area contributed by atoms with Crippen LogP contribution < -0.4 is 5.32 Å². The van der Waals surface area contributed by atoms with Crippen LogP contribution in [0.4, 0.5) is 5.69 Å². The zero-order chi connectivity index (χ0) is 16.1. The van der Waals surface area contributed by atoms with Gasteiger partial charge in [0, 0.05) is 51.8 Å². The second-order valence-corrected chi connectivity index (χ2v) is 5.86. The lowest BCUT2D eigenvalue weighted by Crippen LogP contribution is -2.50. The van der Waals surface area contributed by atoms with Gasteiger partial charge < -0.3 is 15.1 Å². The summed E-state index contributed by atoms with van der Waals surface area (Å²) in [4.78, 5) is 27.1. The molecular formula is C17H25N3O2. The molecule has 0 bridgehead atoms. The molecule has 5 heteroatoms. The molecule has 22 heavy (non-hydrogen) atoms. The predicted molar refractivity (Wildman–Crippen MR) is 87.9 cm³/mol. The quantitative estimate of drug-likeness (QED) is 0.923. The highest BCUT2D eigenvalue weighted by molar-refractivity contribution is 5.78. The Hall–Kier alpha value is -2.04. The average Bonchev–Trinajstić information content (AvgIpc) is 2.51. The third kappa shape index (κ3) is 4.23. The molecule has 1 aliphatic heterocycles. The van der Waals surface area contributed by atoms with Crippen LogP contribution in [-0.2, 0) is 9.59 Å². The van der Waals surface area contributed by atoms with E-state index in [0.717, 1.165) is 5.69 Å². The standard InChI is InChI=1S/C17H25N3O2/c1-13-4-5-16(12-14(13)2)18-7-6-17(22)20-10-8-19(9-11-20)15(3)21/h4-5,12,18H,6-11H2,1-3H3. The largest absolute Gasteiger partial charge is 0.385 e. The Balaban J connectivity index is 1.74. The molecule has 2 amide bonds. The van der Waals surface area contributed by atoms with E-state index >= 15 is 0 Å². The second kappa shape index (κ2) is 7.29. The number of nitrogens with zero attached hydrogens (tertiary/aromatic N) is 2. The molecule has 1 aromatic carbocycles. The number of aryl methyl sites for hydroxylation is 2. The third-order valence-corrected chi connectivity index (χ3v) is 4.25. The summed E-state index contributed by atoms with van der Waals surface area (Å²) in [5, 5.41) is 3.30. The molecule has 0 spiro atoms. The number of hydrogen-bond donors (Lipinski definition) is 1. The van der Waals surface area contributed by atoms with Crippen LogP contribution in [0.15, 0.2) is 18.2 Å². The molecule has 0 saturated carbocycles. The first-order valence-corrected chi connectivity index (χ1v) is 7.82. The van der Waals surface area contributed by atoms with E-state index < -0.39 is 0 Å². The van der Waals surface area contributed by atoms with Gasteiger partial charge in [-0.05, 0) is 37.1 Å². The van der Waals surface area contributed by atoms with Crippen LogP contribution in [0, 0.1) is 13.8 Å². The fourth-order valence-corrected chi connectivity index (χ4v) is 2.59. The molecule has 0 aliphatic carbocycles. The molecule has 1 fully saturated rings. The maximum absolute atomic E-state index is 12.2. The molecule has 0 radical (unpaired) electrons. The Labute approximate surface area is 132 Å². The van der Waals surface area contributed by atoms with Crippen molar-refractivity contribution < 1.29 is 9.59 Å². The number of piperazine rings is 1. The predicted octanol–water partition coefficient (Wildman–Crippen LogP) is 1.80. The number of amides is 2. The van der Waals surface area contributed by atoms with Gasteiger partial charge in [0.05, 0.1) is 0 Å². The number of rotatable bonds is 4. The first-order chi connectivity index (χ1) is 10.5. The molecule has 0 atom stereocenters. The van der Waals surface area contributed by atoms with Gasteiger partial charge in [0.1, 0.15) is 0 Å². The van der Waals surface area contributed by atoms with Gasteiger partial charge in [-0.25, -0.2) is 0 Å². The van der Waals surface area contributed by atoms with Gasteiger partial charge in [0.25, 0.3) is 0 Å². The first-order valence-electron chi connectivity index (χ1n) is 7.82. The van der Waals surface area contributed by atoms with Crippen molar-refractivity contribution in [2.75, 3.05) is 38.0 Å². The van der Waals surface area contributed by atoms with Crippen LogP contribution in [0.25, 0.3) is 0 Å². The second-order valence-electron chi connectivity index (χ2n) is 5.86. The van der Waals surface area contributed by atoms with Crippen LogP contribution in [0.3, 0.4) is 0 Å². The minimum Gasteiger partial charge on any atom is -0.385 e. The molecular weight excluding hydrogens is 278 g/mol. The highest BCUT2D eigenvalue weighted by Gasteiger charge is 2.21. The topological polar surface area (TPSA) is 52.7 Å². The van der Waals surface area contributed by atoms with Crippen LogP contribution >= 0.6 is 0 Å². The number of benzene rings is 1. The number of carbonyl (C=O) groups is 2. The average molecular weight is 303 g/mol. The van der Waals surface area contributed by atoms with Crippen molar-refractivity contribution in [1.29, 1.82) is 0 Å².